The van der Waals surface area contributed by atoms with Gasteiger partial charge in [-0.1, -0.05) is 60.7 Å². The van der Waals surface area contributed by atoms with Crippen LogP contribution in [-0.4, -0.2) is 25.2 Å². The van der Waals surface area contributed by atoms with Crippen molar-refractivity contribution in [1.82, 2.24) is 0 Å². The normalized spacial score (nSPS) is 10.2. The molecule has 0 spiro atoms. The van der Waals surface area contributed by atoms with E-state index in [0.29, 0.717) is 26.1 Å². The van der Waals surface area contributed by atoms with Crippen LogP contribution in [0.25, 0.3) is 0 Å². The first kappa shape index (κ1) is 17.7. The van der Waals surface area contributed by atoms with Gasteiger partial charge in [0.1, 0.15) is 0 Å². The number of hydrogen-bond donors (Lipinski definition) is 0. The molecule has 0 aliphatic heterocycles. The van der Waals surface area contributed by atoms with Crippen molar-refractivity contribution in [2.45, 2.75) is 25.7 Å². The van der Waals surface area contributed by atoms with E-state index in [1.807, 2.05) is 60.7 Å². The summed E-state index contributed by atoms with van der Waals surface area (Å²) < 4.78 is 10.3. The number of esters is 2. The van der Waals surface area contributed by atoms with E-state index < -0.39 is 0 Å². The van der Waals surface area contributed by atoms with Crippen molar-refractivity contribution < 1.29 is 19.1 Å². The summed E-state index contributed by atoms with van der Waals surface area (Å²) in [4.78, 5) is 23.3. The van der Waals surface area contributed by atoms with Crippen molar-refractivity contribution in [2.24, 2.45) is 0 Å². The van der Waals surface area contributed by atoms with Gasteiger partial charge in [0.2, 0.25) is 0 Å². The summed E-state index contributed by atoms with van der Waals surface area (Å²) in [5.74, 6) is -0.468. The monoisotopic (exact) mass is 326 g/mol. The molecule has 0 saturated carbocycles. The molecule has 2 aromatic carbocycles. The molecule has 0 atom stereocenters. The lowest BCUT2D eigenvalue weighted by atomic mass is 10.1. The van der Waals surface area contributed by atoms with Gasteiger partial charge in [0.15, 0.2) is 0 Å². The fourth-order valence-electron chi connectivity index (χ4n) is 2.20. The fraction of sp³-hybridized carbons (Fsp3) is 0.300. The van der Waals surface area contributed by atoms with E-state index in [-0.39, 0.29) is 24.8 Å². The number of hydrogen-bond acceptors (Lipinski definition) is 4. The molecular weight excluding hydrogens is 304 g/mol. The van der Waals surface area contributed by atoms with Gasteiger partial charge in [-0.15, -0.1) is 0 Å². The molecular formula is C20H22O4. The van der Waals surface area contributed by atoms with Gasteiger partial charge >= 0.3 is 11.9 Å². The SMILES string of the molecule is O=C(Cc1ccccc1)OCCCCOC(=O)Cc1ccccc1. The van der Waals surface area contributed by atoms with Crippen LogP contribution in [0.3, 0.4) is 0 Å². The Balaban J connectivity index is 1.50. The van der Waals surface area contributed by atoms with Crippen LogP contribution in [-0.2, 0) is 31.9 Å². The average Bonchev–Trinajstić information content (AvgIpc) is 2.60. The molecule has 2 aromatic rings. The van der Waals surface area contributed by atoms with E-state index >= 15 is 0 Å². The van der Waals surface area contributed by atoms with Crippen molar-refractivity contribution in [3.8, 4) is 0 Å². The number of carbonyl (C=O) groups is 2. The number of ether oxygens (including phenoxy) is 2. The Morgan fingerprint density at radius 1 is 0.625 bits per heavy atom. The lowest BCUT2D eigenvalue weighted by Crippen LogP contribution is -2.11. The molecule has 0 saturated heterocycles. The maximum Gasteiger partial charge on any atom is 0.310 e. The van der Waals surface area contributed by atoms with Crippen LogP contribution < -0.4 is 0 Å². The van der Waals surface area contributed by atoms with Gasteiger partial charge in [-0.2, -0.15) is 0 Å². The van der Waals surface area contributed by atoms with Crippen LogP contribution in [0.2, 0.25) is 0 Å². The lowest BCUT2D eigenvalue weighted by Gasteiger charge is -2.06. The van der Waals surface area contributed by atoms with Gasteiger partial charge < -0.3 is 9.47 Å². The van der Waals surface area contributed by atoms with Crippen molar-refractivity contribution >= 4 is 11.9 Å². The second-order valence-electron chi connectivity index (χ2n) is 5.47. The minimum atomic E-state index is -0.234. The zero-order chi connectivity index (χ0) is 17.0. The van der Waals surface area contributed by atoms with Crippen LogP contribution in [0.5, 0.6) is 0 Å². The van der Waals surface area contributed by atoms with Crippen LogP contribution in [0.15, 0.2) is 60.7 Å². The molecule has 0 amide bonds. The first-order valence-corrected chi connectivity index (χ1v) is 8.13. The summed E-state index contributed by atoms with van der Waals surface area (Å²) in [5.41, 5.74) is 1.88. The third-order valence-corrected chi connectivity index (χ3v) is 3.45. The standard InChI is InChI=1S/C20H22O4/c21-19(15-17-9-3-1-4-10-17)23-13-7-8-14-24-20(22)16-18-11-5-2-6-12-18/h1-6,9-12H,7-8,13-16H2. The molecule has 0 unspecified atom stereocenters. The topological polar surface area (TPSA) is 52.6 Å². The van der Waals surface area contributed by atoms with Crippen LogP contribution >= 0.6 is 0 Å². The summed E-state index contributed by atoms with van der Waals surface area (Å²) in [6.07, 6.45) is 1.93. The van der Waals surface area contributed by atoms with Gasteiger partial charge in [-0.3, -0.25) is 9.59 Å². The van der Waals surface area contributed by atoms with Crippen LogP contribution in [0.1, 0.15) is 24.0 Å². The Morgan fingerprint density at radius 3 is 1.38 bits per heavy atom. The molecule has 0 aliphatic rings. The molecule has 0 bridgehead atoms. The van der Waals surface area contributed by atoms with Gasteiger partial charge in [0.05, 0.1) is 26.1 Å². The van der Waals surface area contributed by atoms with E-state index in [1.54, 1.807) is 0 Å². The molecule has 0 fully saturated rings. The Morgan fingerprint density at radius 2 is 1.00 bits per heavy atom. The Labute approximate surface area is 142 Å². The average molecular weight is 326 g/mol. The molecule has 0 heterocycles. The lowest BCUT2D eigenvalue weighted by molar-refractivity contribution is -0.145. The Bertz CT molecular complexity index is 565. The van der Waals surface area contributed by atoms with E-state index in [2.05, 4.69) is 0 Å². The molecule has 0 N–H and O–H groups in total. The van der Waals surface area contributed by atoms with Gasteiger partial charge in [0, 0.05) is 0 Å². The summed E-state index contributed by atoms with van der Waals surface area (Å²) in [5, 5.41) is 0. The second-order valence-corrected chi connectivity index (χ2v) is 5.47. The minimum Gasteiger partial charge on any atom is -0.465 e. The van der Waals surface area contributed by atoms with Crippen molar-refractivity contribution in [3.63, 3.8) is 0 Å². The summed E-state index contributed by atoms with van der Waals surface area (Å²) in [6.45, 7) is 0.698. The van der Waals surface area contributed by atoms with Crippen LogP contribution in [0, 0.1) is 0 Å². The first-order valence-electron chi connectivity index (χ1n) is 8.13. The van der Waals surface area contributed by atoms with E-state index in [1.165, 1.54) is 0 Å². The van der Waals surface area contributed by atoms with Crippen molar-refractivity contribution in [2.75, 3.05) is 13.2 Å². The zero-order valence-electron chi connectivity index (χ0n) is 13.6. The van der Waals surface area contributed by atoms with Gasteiger partial charge in [-0.25, -0.2) is 0 Å². The maximum absolute atomic E-state index is 11.6. The van der Waals surface area contributed by atoms with Crippen LogP contribution in [0.4, 0.5) is 0 Å². The quantitative estimate of drug-likeness (QED) is 0.524. The van der Waals surface area contributed by atoms with Gasteiger partial charge in [-0.05, 0) is 24.0 Å². The molecule has 4 nitrogen and oxygen atoms in total. The van der Waals surface area contributed by atoms with Crippen molar-refractivity contribution in [3.05, 3.63) is 71.8 Å². The Hall–Kier alpha value is -2.62. The number of carbonyl (C=O) groups excluding carboxylic acids is 2. The predicted molar refractivity (Wildman–Crippen MR) is 91.4 cm³/mol. The minimum absolute atomic E-state index is 0.234. The van der Waals surface area contributed by atoms with E-state index in [0.717, 1.165) is 11.1 Å². The second kappa shape index (κ2) is 10.2. The largest absolute Gasteiger partial charge is 0.465 e. The number of benzene rings is 2. The highest BCUT2D eigenvalue weighted by atomic mass is 16.5. The summed E-state index contributed by atoms with van der Waals surface area (Å²) in [6, 6.07) is 19.0. The third-order valence-electron chi connectivity index (χ3n) is 3.45. The highest BCUT2D eigenvalue weighted by molar-refractivity contribution is 5.72. The highest BCUT2D eigenvalue weighted by Gasteiger charge is 2.06. The molecule has 126 valence electrons. The number of rotatable bonds is 9. The van der Waals surface area contributed by atoms with Gasteiger partial charge in [0.25, 0.3) is 0 Å². The van der Waals surface area contributed by atoms with E-state index in [9.17, 15) is 9.59 Å². The molecule has 0 aromatic heterocycles. The predicted octanol–water partition coefficient (Wildman–Crippen LogP) is 3.34. The molecule has 0 radical (unpaired) electrons. The molecule has 24 heavy (non-hydrogen) atoms. The highest BCUT2D eigenvalue weighted by Crippen LogP contribution is 2.03. The molecule has 0 aliphatic carbocycles. The van der Waals surface area contributed by atoms with E-state index in [4.69, 9.17) is 9.47 Å². The third kappa shape index (κ3) is 7.09. The molecule has 2 rings (SSSR count). The smallest absolute Gasteiger partial charge is 0.310 e. The first-order chi connectivity index (χ1) is 11.7. The maximum atomic E-state index is 11.6. The summed E-state index contributed by atoms with van der Waals surface area (Å²) >= 11 is 0. The zero-order valence-corrected chi connectivity index (χ0v) is 13.6. The van der Waals surface area contributed by atoms with Crippen molar-refractivity contribution in [1.29, 1.82) is 0 Å². The Kier molecular flexibility index (Phi) is 7.54. The number of unbranched alkanes of at least 4 members (excludes halogenated alkanes) is 1. The molecule has 4 heteroatoms. The summed E-state index contributed by atoms with van der Waals surface area (Å²) in [7, 11) is 0. The fourth-order valence-corrected chi connectivity index (χ4v) is 2.20.